The molecule has 0 aliphatic heterocycles. The molecule has 3 N–H and O–H groups in total. The van der Waals surface area contributed by atoms with Gasteiger partial charge in [-0.15, -0.1) is 0 Å². The van der Waals surface area contributed by atoms with Gasteiger partial charge in [0.05, 0.1) is 4.92 Å². The van der Waals surface area contributed by atoms with E-state index in [1.807, 2.05) is 13.8 Å². The second-order valence-electron chi connectivity index (χ2n) is 4.21. The molecule has 20 heavy (non-hydrogen) atoms. The lowest BCUT2D eigenvalue weighted by molar-refractivity contribution is -0.384. The number of aromatic amines is 1. The minimum Gasteiger partial charge on any atom is -0.307 e. The number of urea groups is 1. The normalized spacial score (nSPS) is 10.1. The van der Waals surface area contributed by atoms with Crippen LogP contribution in [0.5, 0.6) is 0 Å². The molecule has 0 spiro atoms. The fourth-order valence-electron chi connectivity index (χ4n) is 1.57. The van der Waals surface area contributed by atoms with Gasteiger partial charge in [0.1, 0.15) is 0 Å². The molecule has 2 aromatic rings. The number of nitro groups is 1. The molecule has 104 valence electrons. The molecule has 0 radical (unpaired) electrons. The number of H-pyrrole nitrogens is 1. The minimum absolute atomic E-state index is 0.0883. The van der Waals surface area contributed by atoms with Crippen LogP contribution in [0.4, 0.5) is 22.0 Å². The van der Waals surface area contributed by atoms with Crippen molar-refractivity contribution in [3.63, 3.8) is 0 Å². The van der Waals surface area contributed by atoms with Gasteiger partial charge in [0, 0.05) is 29.1 Å². The maximum absolute atomic E-state index is 11.8. The average molecular weight is 275 g/mol. The van der Waals surface area contributed by atoms with Gasteiger partial charge >= 0.3 is 6.03 Å². The summed E-state index contributed by atoms with van der Waals surface area (Å²) < 4.78 is 0. The molecule has 2 amide bonds. The number of amides is 2. The van der Waals surface area contributed by atoms with Crippen LogP contribution in [-0.4, -0.2) is 21.2 Å². The molecular formula is C12H13N5O3. The number of nitrogens with zero attached hydrogens (tertiary/aromatic N) is 2. The van der Waals surface area contributed by atoms with Gasteiger partial charge < -0.3 is 5.32 Å². The number of benzene rings is 1. The van der Waals surface area contributed by atoms with E-state index in [0.717, 1.165) is 11.3 Å². The summed E-state index contributed by atoms with van der Waals surface area (Å²) in [5.74, 6) is 0.422. The number of hydrogen-bond acceptors (Lipinski definition) is 4. The topological polar surface area (TPSA) is 113 Å². The third-order valence-electron chi connectivity index (χ3n) is 2.80. The zero-order valence-corrected chi connectivity index (χ0v) is 10.9. The van der Waals surface area contributed by atoms with E-state index in [-0.39, 0.29) is 5.69 Å². The second-order valence-corrected chi connectivity index (χ2v) is 4.21. The first-order valence-corrected chi connectivity index (χ1v) is 5.81. The lowest BCUT2D eigenvalue weighted by atomic mass is 10.3. The zero-order valence-electron chi connectivity index (χ0n) is 10.9. The fourth-order valence-corrected chi connectivity index (χ4v) is 1.57. The molecular weight excluding hydrogens is 262 g/mol. The first-order valence-electron chi connectivity index (χ1n) is 5.81. The number of rotatable bonds is 3. The number of carbonyl (C=O) groups is 1. The van der Waals surface area contributed by atoms with Gasteiger partial charge in [-0.25, -0.2) is 4.79 Å². The van der Waals surface area contributed by atoms with Crippen LogP contribution in [0.3, 0.4) is 0 Å². The van der Waals surface area contributed by atoms with Crippen molar-refractivity contribution in [2.24, 2.45) is 0 Å². The molecule has 2 rings (SSSR count). The molecule has 0 aliphatic rings. The number of carbonyl (C=O) groups excluding carboxylic acids is 1. The molecule has 0 saturated carbocycles. The van der Waals surface area contributed by atoms with Crippen LogP contribution in [0.25, 0.3) is 0 Å². The monoisotopic (exact) mass is 275 g/mol. The Hall–Kier alpha value is -2.90. The molecule has 0 bridgehead atoms. The number of aryl methyl sites for hydroxylation is 1. The summed E-state index contributed by atoms with van der Waals surface area (Å²) in [6.45, 7) is 3.66. The van der Waals surface area contributed by atoms with Crippen LogP contribution in [-0.2, 0) is 0 Å². The molecule has 0 atom stereocenters. The molecule has 1 heterocycles. The van der Waals surface area contributed by atoms with Crippen LogP contribution in [0.1, 0.15) is 11.3 Å². The molecule has 8 nitrogen and oxygen atoms in total. The van der Waals surface area contributed by atoms with Crippen molar-refractivity contribution in [3.05, 3.63) is 45.6 Å². The lowest BCUT2D eigenvalue weighted by Crippen LogP contribution is -2.20. The first kappa shape index (κ1) is 13.5. The Labute approximate surface area is 114 Å². The van der Waals surface area contributed by atoms with Crippen molar-refractivity contribution < 1.29 is 9.72 Å². The number of aromatic nitrogens is 2. The van der Waals surface area contributed by atoms with Gasteiger partial charge in [0.15, 0.2) is 5.82 Å². The summed E-state index contributed by atoms with van der Waals surface area (Å²) in [4.78, 5) is 21.9. The smallest absolute Gasteiger partial charge is 0.307 e. The zero-order chi connectivity index (χ0) is 14.7. The predicted octanol–water partition coefficient (Wildman–Crippen LogP) is 2.58. The predicted molar refractivity (Wildman–Crippen MR) is 73.8 cm³/mol. The summed E-state index contributed by atoms with van der Waals surface area (Å²) in [6, 6.07) is 5.18. The van der Waals surface area contributed by atoms with Gasteiger partial charge in [-0.1, -0.05) is 6.07 Å². The van der Waals surface area contributed by atoms with Crippen molar-refractivity contribution in [1.29, 1.82) is 0 Å². The Morgan fingerprint density at radius 3 is 2.70 bits per heavy atom. The quantitative estimate of drug-likeness (QED) is 0.590. The van der Waals surface area contributed by atoms with E-state index in [9.17, 15) is 14.9 Å². The number of hydrogen-bond donors (Lipinski definition) is 3. The van der Waals surface area contributed by atoms with Gasteiger partial charge in [-0.2, -0.15) is 5.10 Å². The summed E-state index contributed by atoms with van der Waals surface area (Å²) in [7, 11) is 0. The number of non-ortho nitro benzene ring substituents is 1. The lowest BCUT2D eigenvalue weighted by Gasteiger charge is -2.06. The van der Waals surface area contributed by atoms with Crippen molar-refractivity contribution in [2.45, 2.75) is 13.8 Å². The van der Waals surface area contributed by atoms with E-state index >= 15 is 0 Å². The van der Waals surface area contributed by atoms with E-state index in [2.05, 4.69) is 20.8 Å². The highest BCUT2D eigenvalue weighted by Crippen LogP contribution is 2.18. The Morgan fingerprint density at radius 1 is 1.35 bits per heavy atom. The van der Waals surface area contributed by atoms with E-state index in [1.165, 1.54) is 18.2 Å². The van der Waals surface area contributed by atoms with E-state index < -0.39 is 11.0 Å². The largest absolute Gasteiger partial charge is 0.324 e. The molecule has 0 aliphatic carbocycles. The van der Waals surface area contributed by atoms with Crippen LogP contribution in [0.2, 0.25) is 0 Å². The Morgan fingerprint density at radius 2 is 2.10 bits per heavy atom. The van der Waals surface area contributed by atoms with Crippen molar-refractivity contribution in [3.8, 4) is 0 Å². The fraction of sp³-hybridized carbons (Fsp3) is 0.167. The standard InChI is InChI=1S/C12H13N5O3/c1-7-8(2)15-16-11(7)14-12(18)13-9-4-3-5-10(6-9)17(19)20/h3-6H,1-2H3,(H3,13,14,15,16,18). The van der Waals surface area contributed by atoms with Gasteiger partial charge in [0.2, 0.25) is 0 Å². The molecule has 0 unspecified atom stereocenters. The van der Waals surface area contributed by atoms with E-state index in [1.54, 1.807) is 6.07 Å². The minimum atomic E-state index is -0.524. The Balaban J connectivity index is 2.06. The second kappa shape index (κ2) is 5.39. The van der Waals surface area contributed by atoms with Crippen LogP contribution >= 0.6 is 0 Å². The van der Waals surface area contributed by atoms with Gasteiger partial charge in [-0.3, -0.25) is 20.5 Å². The molecule has 0 fully saturated rings. The molecule has 8 heteroatoms. The molecule has 1 aromatic carbocycles. The van der Waals surface area contributed by atoms with Crippen molar-refractivity contribution >= 4 is 23.2 Å². The maximum Gasteiger partial charge on any atom is 0.324 e. The third-order valence-corrected chi connectivity index (χ3v) is 2.80. The summed E-state index contributed by atoms with van der Waals surface area (Å²) in [5, 5.41) is 22.4. The first-order chi connectivity index (χ1) is 9.47. The highest BCUT2D eigenvalue weighted by Gasteiger charge is 2.11. The summed E-state index contributed by atoms with van der Waals surface area (Å²) in [5.41, 5.74) is 1.94. The highest BCUT2D eigenvalue weighted by molar-refractivity contribution is 5.99. The van der Waals surface area contributed by atoms with Crippen LogP contribution < -0.4 is 10.6 Å². The molecule has 0 saturated heterocycles. The average Bonchev–Trinajstić information content (AvgIpc) is 2.71. The number of anilines is 2. The maximum atomic E-state index is 11.8. The van der Waals surface area contributed by atoms with E-state index in [0.29, 0.717) is 11.5 Å². The number of nitrogens with one attached hydrogen (secondary N) is 3. The number of nitro benzene ring substituents is 1. The molecule has 1 aromatic heterocycles. The Bertz CT molecular complexity index is 665. The SMILES string of the molecule is Cc1[nH]nc(NC(=O)Nc2cccc([N+](=O)[O-])c2)c1C. The van der Waals surface area contributed by atoms with Crippen LogP contribution in [0, 0.1) is 24.0 Å². The van der Waals surface area contributed by atoms with Crippen LogP contribution in [0.15, 0.2) is 24.3 Å². The third kappa shape index (κ3) is 2.91. The van der Waals surface area contributed by atoms with E-state index in [4.69, 9.17) is 0 Å². The van der Waals surface area contributed by atoms with Gasteiger partial charge in [0.25, 0.3) is 5.69 Å². The van der Waals surface area contributed by atoms with Crippen molar-refractivity contribution in [2.75, 3.05) is 10.6 Å². The van der Waals surface area contributed by atoms with Gasteiger partial charge in [-0.05, 0) is 19.9 Å². The highest BCUT2D eigenvalue weighted by atomic mass is 16.6. The van der Waals surface area contributed by atoms with Crippen molar-refractivity contribution in [1.82, 2.24) is 10.2 Å². The summed E-state index contributed by atoms with van der Waals surface area (Å²) >= 11 is 0. The Kier molecular flexibility index (Phi) is 3.65. The summed E-state index contributed by atoms with van der Waals surface area (Å²) in [6.07, 6.45) is 0.